The topological polar surface area (TPSA) is 0 Å². The van der Waals surface area contributed by atoms with E-state index in [-0.39, 0.29) is 0 Å². The van der Waals surface area contributed by atoms with Crippen molar-refractivity contribution in [2.45, 2.75) is 19.8 Å². The van der Waals surface area contributed by atoms with Gasteiger partial charge >= 0.3 is 0 Å². The summed E-state index contributed by atoms with van der Waals surface area (Å²) in [7, 11) is 0. The van der Waals surface area contributed by atoms with Gasteiger partial charge in [0.05, 0.1) is 0 Å². The summed E-state index contributed by atoms with van der Waals surface area (Å²) in [6.07, 6.45) is 6.93. The standard InChI is InChI=1S/C12H15I/c1-11-6-8-12(9-7-11)5-3-2-4-10-13/h3,5-9H,2,4,10H2,1H3/b5-3+. The highest BCUT2D eigenvalue weighted by atomic mass is 127. The molecule has 1 aromatic rings. The lowest BCUT2D eigenvalue weighted by Crippen LogP contribution is -1.74. The average molecular weight is 286 g/mol. The molecule has 1 rings (SSSR count). The second-order valence-corrected chi connectivity index (χ2v) is 4.22. The molecule has 0 atom stereocenters. The van der Waals surface area contributed by atoms with Gasteiger partial charge in [-0.15, -0.1) is 0 Å². The van der Waals surface area contributed by atoms with Crippen LogP contribution in [0.5, 0.6) is 0 Å². The smallest absolute Gasteiger partial charge is 0.000178 e. The van der Waals surface area contributed by atoms with Gasteiger partial charge in [-0.2, -0.15) is 0 Å². The molecular weight excluding hydrogens is 271 g/mol. The van der Waals surface area contributed by atoms with E-state index in [2.05, 4.69) is 65.9 Å². The molecule has 0 radical (unpaired) electrons. The minimum absolute atomic E-state index is 1.19. The number of hydrogen-bond donors (Lipinski definition) is 0. The van der Waals surface area contributed by atoms with Gasteiger partial charge in [0.1, 0.15) is 0 Å². The second kappa shape index (κ2) is 6.19. The van der Waals surface area contributed by atoms with E-state index in [1.54, 1.807) is 0 Å². The van der Waals surface area contributed by atoms with E-state index in [1.165, 1.54) is 28.4 Å². The van der Waals surface area contributed by atoms with Crippen molar-refractivity contribution < 1.29 is 0 Å². The first-order chi connectivity index (χ1) is 6.33. The zero-order chi connectivity index (χ0) is 9.52. The van der Waals surface area contributed by atoms with Crippen molar-refractivity contribution in [3.63, 3.8) is 0 Å². The molecule has 1 aromatic carbocycles. The molecule has 13 heavy (non-hydrogen) atoms. The van der Waals surface area contributed by atoms with Crippen LogP contribution < -0.4 is 0 Å². The maximum Gasteiger partial charge on any atom is -0.000178 e. The molecule has 0 fully saturated rings. The second-order valence-electron chi connectivity index (χ2n) is 3.14. The molecule has 70 valence electrons. The summed E-state index contributed by atoms with van der Waals surface area (Å²) in [5.41, 5.74) is 2.63. The van der Waals surface area contributed by atoms with Crippen LogP contribution in [0.2, 0.25) is 0 Å². The van der Waals surface area contributed by atoms with Gasteiger partial charge in [-0.1, -0.05) is 64.6 Å². The van der Waals surface area contributed by atoms with Crippen LogP contribution in [0, 0.1) is 6.92 Å². The molecule has 0 aliphatic carbocycles. The summed E-state index contributed by atoms with van der Waals surface area (Å²) < 4.78 is 1.25. The van der Waals surface area contributed by atoms with Crippen molar-refractivity contribution in [1.82, 2.24) is 0 Å². The first-order valence-electron chi connectivity index (χ1n) is 4.62. The summed E-state index contributed by atoms with van der Waals surface area (Å²) in [5, 5.41) is 0. The van der Waals surface area contributed by atoms with Crippen LogP contribution in [0.4, 0.5) is 0 Å². The fraction of sp³-hybridized carbons (Fsp3) is 0.333. The fourth-order valence-corrected chi connectivity index (χ4v) is 1.53. The van der Waals surface area contributed by atoms with E-state index in [9.17, 15) is 0 Å². The number of rotatable bonds is 4. The maximum absolute atomic E-state index is 2.41. The molecule has 0 saturated heterocycles. The third-order valence-corrected chi connectivity index (χ3v) is 2.65. The van der Waals surface area contributed by atoms with Gasteiger partial charge in [0.25, 0.3) is 0 Å². The molecule has 0 unspecified atom stereocenters. The maximum atomic E-state index is 2.41. The van der Waals surface area contributed by atoms with Crippen LogP contribution in [-0.2, 0) is 0 Å². The largest absolute Gasteiger partial charge is 0.0864 e. The summed E-state index contributed by atoms with van der Waals surface area (Å²) in [6.45, 7) is 2.11. The van der Waals surface area contributed by atoms with Gasteiger partial charge in [0, 0.05) is 0 Å². The molecular formula is C12H15I. The Morgan fingerprint density at radius 1 is 1.23 bits per heavy atom. The third kappa shape index (κ3) is 4.46. The predicted octanol–water partition coefficient (Wildman–Crippen LogP) is 4.22. The SMILES string of the molecule is Cc1ccc(/C=C/CCCI)cc1. The lowest BCUT2D eigenvalue weighted by atomic mass is 10.1. The van der Waals surface area contributed by atoms with Crippen LogP contribution in [-0.4, -0.2) is 4.43 Å². The fourth-order valence-electron chi connectivity index (χ4n) is 1.09. The molecule has 0 saturated carbocycles. The number of hydrogen-bond acceptors (Lipinski definition) is 0. The molecule has 0 bridgehead atoms. The van der Waals surface area contributed by atoms with E-state index in [4.69, 9.17) is 0 Å². The van der Waals surface area contributed by atoms with E-state index < -0.39 is 0 Å². The summed E-state index contributed by atoms with van der Waals surface area (Å²) in [5.74, 6) is 0. The van der Waals surface area contributed by atoms with Gasteiger partial charge in [0.2, 0.25) is 0 Å². The Labute approximate surface area is 94.2 Å². The summed E-state index contributed by atoms with van der Waals surface area (Å²) in [6, 6.07) is 8.63. The van der Waals surface area contributed by atoms with Gasteiger partial charge in [0.15, 0.2) is 0 Å². The minimum Gasteiger partial charge on any atom is -0.0864 e. The molecule has 0 aliphatic rings. The first-order valence-corrected chi connectivity index (χ1v) is 6.14. The van der Waals surface area contributed by atoms with Gasteiger partial charge in [-0.25, -0.2) is 0 Å². The Kier molecular flexibility index (Phi) is 5.13. The van der Waals surface area contributed by atoms with Gasteiger partial charge < -0.3 is 0 Å². The number of allylic oxidation sites excluding steroid dienone is 1. The van der Waals surface area contributed by atoms with Crippen LogP contribution in [0.25, 0.3) is 6.08 Å². The number of alkyl halides is 1. The van der Waals surface area contributed by atoms with Crippen LogP contribution in [0.1, 0.15) is 24.0 Å². The van der Waals surface area contributed by atoms with E-state index in [0.29, 0.717) is 0 Å². The van der Waals surface area contributed by atoms with E-state index >= 15 is 0 Å². The lowest BCUT2D eigenvalue weighted by Gasteiger charge is -1.94. The Balaban J connectivity index is 2.44. The molecule has 0 heterocycles. The van der Waals surface area contributed by atoms with Crippen molar-refractivity contribution in [3.05, 3.63) is 41.5 Å². The normalized spacial score (nSPS) is 10.9. The van der Waals surface area contributed by atoms with E-state index in [1.807, 2.05) is 0 Å². The van der Waals surface area contributed by atoms with Crippen LogP contribution in [0.15, 0.2) is 30.3 Å². The number of unbranched alkanes of at least 4 members (excludes halogenated alkanes) is 1. The molecule has 1 heteroatoms. The molecule has 0 amide bonds. The van der Waals surface area contributed by atoms with Crippen molar-refractivity contribution in [2.75, 3.05) is 4.43 Å². The van der Waals surface area contributed by atoms with Gasteiger partial charge in [-0.3, -0.25) is 0 Å². The monoisotopic (exact) mass is 286 g/mol. The third-order valence-electron chi connectivity index (χ3n) is 1.89. The summed E-state index contributed by atoms with van der Waals surface area (Å²) in [4.78, 5) is 0. The number of aryl methyl sites for hydroxylation is 1. The van der Waals surface area contributed by atoms with E-state index in [0.717, 1.165) is 0 Å². The molecule has 0 nitrogen and oxygen atoms in total. The molecule has 0 spiro atoms. The molecule has 0 aromatic heterocycles. The lowest BCUT2D eigenvalue weighted by molar-refractivity contribution is 0.990. The Bertz CT molecular complexity index is 259. The molecule has 0 N–H and O–H groups in total. The number of benzene rings is 1. The number of halogens is 1. The zero-order valence-corrected chi connectivity index (χ0v) is 10.1. The first kappa shape index (κ1) is 10.8. The highest BCUT2D eigenvalue weighted by Gasteiger charge is 1.85. The highest BCUT2D eigenvalue weighted by Crippen LogP contribution is 2.06. The Morgan fingerprint density at radius 3 is 2.54 bits per heavy atom. The molecule has 0 aliphatic heterocycles. The van der Waals surface area contributed by atoms with Crippen LogP contribution in [0.3, 0.4) is 0 Å². The average Bonchev–Trinajstić information content (AvgIpc) is 2.15. The summed E-state index contributed by atoms with van der Waals surface area (Å²) >= 11 is 2.41. The minimum atomic E-state index is 1.19. The highest BCUT2D eigenvalue weighted by molar-refractivity contribution is 14.1. The van der Waals surface area contributed by atoms with Crippen molar-refractivity contribution in [1.29, 1.82) is 0 Å². The van der Waals surface area contributed by atoms with Gasteiger partial charge in [-0.05, 0) is 29.8 Å². The Hall–Kier alpha value is -0.310. The Morgan fingerprint density at radius 2 is 1.92 bits per heavy atom. The zero-order valence-electron chi connectivity index (χ0n) is 7.96. The van der Waals surface area contributed by atoms with Crippen molar-refractivity contribution >= 4 is 28.7 Å². The van der Waals surface area contributed by atoms with Crippen molar-refractivity contribution in [2.24, 2.45) is 0 Å². The van der Waals surface area contributed by atoms with Crippen molar-refractivity contribution in [3.8, 4) is 0 Å². The quantitative estimate of drug-likeness (QED) is 0.441. The van der Waals surface area contributed by atoms with Crippen LogP contribution >= 0.6 is 22.6 Å². The predicted molar refractivity (Wildman–Crippen MR) is 68.3 cm³/mol.